The van der Waals surface area contributed by atoms with Crippen LogP contribution in [0.2, 0.25) is 5.02 Å². The molecule has 4 aromatic carbocycles. The summed E-state index contributed by atoms with van der Waals surface area (Å²) < 4.78 is 13.9. The normalized spacial score (nSPS) is 15.8. The van der Waals surface area contributed by atoms with E-state index in [1.807, 2.05) is 97.6 Å². The Kier molecular flexibility index (Phi) is 11.0. The van der Waals surface area contributed by atoms with Gasteiger partial charge in [0.1, 0.15) is 11.9 Å². The number of primary amides is 1. The number of benzene rings is 4. The lowest BCUT2D eigenvalue weighted by atomic mass is 9.82. The molecule has 3 amide bonds. The molecule has 0 aromatic heterocycles. The molecule has 0 bridgehead atoms. The Hall–Kier alpha value is -4.95. The fourth-order valence-electron chi connectivity index (χ4n) is 6.32. The second kappa shape index (κ2) is 15.3. The summed E-state index contributed by atoms with van der Waals surface area (Å²) in [5.74, 6) is -3.17. The Labute approximate surface area is 286 Å². The highest BCUT2D eigenvalue weighted by atomic mass is 35.5. The first-order valence-electron chi connectivity index (χ1n) is 16.0. The van der Waals surface area contributed by atoms with E-state index in [0.29, 0.717) is 12.1 Å². The number of nitrogens with one attached hydrogen (secondary N) is 1. The van der Waals surface area contributed by atoms with Crippen LogP contribution in [0.4, 0.5) is 21.5 Å². The summed E-state index contributed by atoms with van der Waals surface area (Å²) in [6.45, 7) is 8.08. The van der Waals surface area contributed by atoms with Crippen molar-refractivity contribution in [3.63, 3.8) is 0 Å². The summed E-state index contributed by atoms with van der Waals surface area (Å²) in [7, 11) is 0. The molecule has 0 saturated heterocycles. The monoisotopic (exact) mass is 666 g/mol. The van der Waals surface area contributed by atoms with Crippen molar-refractivity contribution in [3.8, 4) is 11.1 Å². The van der Waals surface area contributed by atoms with Crippen molar-refractivity contribution in [2.75, 3.05) is 16.3 Å². The van der Waals surface area contributed by atoms with Gasteiger partial charge in [0.15, 0.2) is 0 Å². The number of hydrogen-bond donors (Lipinski definition) is 2. The summed E-state index contributed by atoms with van der Waals surface area (Å²) in [6, 6.07) is 28.6. The van der Waals surface area contributed by atoms with Crippen LogP contribution in [-0.2, 0) is 20.9 Å². The number of halogens is 2. The Bertz CT molecular complexity index is 1800. The van der Waals surface area contributed by atoms with Crippen molar-refractivity contribution >= 4 is 46.4 Å². The second-order valence-corrected chi connectivity index (χ2v) is 12.9. The van der Waals surface area contributed by atoms with E-state index in [2.05, 4.69) is 11.9 Å². The Balaban J connectivity index is 1.56. The van der Waals surface area contributed by atoms with Crippen LogP contribution in [0, 0.1) is 23.6 Å². The van der Waals surface area contributed by atoms with Crippen molar-refractivity contribution < 1.29 is 18.8 Å². The number of anilines is 3. The highest BCUT2D eigenvalue weighted by Crippen LogP contribution is 2.38. The van der Waals surface area contributed by atoms with Crippen LogP contribution >= 0.6 is 11.6 Å². The number of hydrogen-bond acceptors (Lipinski definition) is 4. The molecule has 3 atom stereocenters. The van der Waals surface area contributed by atoms with E-state index in [1.165, 1.54) is 6.07 Å². The van der Waals surface area contributed by atoms with E-state index < -0.39 is 35.5 Å². The minimum Gasteiger partial charge on any atom is -0.369 e. The first-order valence-corrected chi connectivity index (χ1v) is 16.4. The lowest BCUT2D eigenvalue weighted by Crippen LogP contribution is -2.54. The van der Waals surface area contributed by atoms with Crippen molar-refractivity contribution in [3.05, 3.63) is 126 Å². The van der Waals surface area contributed by atoms with Gasteiger partial charge in [0.05, 0.1) is 41.3 Å². The van der Waals surface area contributed by atoms with E-state index in [9.17, 15) is 18.8 Å². The number of fused-ring (bicyclic) bond motifs is 1. The van der Waals surface area contributed by atoms with Gasteiger partial charge in [0.2, 0.25) is 11.8 Å². The molecule has 5 rings (SSSR count). The van der Waals surface area contributed by atoms with Crippen LogP contribution in [0.15, 0.2) is 110 Å². The molecule has 0 fully saturated rings. The van der Waals surface area contributed by atoms with Gasteiger partial charge < -0.3 is 20.9 Å². The molecule has 9 heteroatoms. The first-order chi connectivity index (χ1) is 23.1. The summed E-state index contributed by atoms with van der Waals surface area (Å²) >= 11 is 6.08. The molecule has 3 N–H and O–H groups in total. The molecule has 7 nitrogen and oxygen atoms in total. The van der Waals surface area contributed by atoms with E-state index in [0.717, 1.165) is 28.1 Å². The molecule has 1 heterocycles. The molecule has 0 spiro atoms. The van der Waals surface area contributed by atoms with Gasteiger partial charge in [-0.2, -0.15) is 0 Å². The zero-order chi connectivity index (χ0) is 34.4. The summed E-state index contributed by atoms with van der Waals surface area (Å²) in [4.78, 5) is 45.0. The summed E-state index contributed by atoms with van der Waals surface area (Å²) in [6.07, 6.45) is 2.26. The van der Waals surface area contributed by atoms with Gasteiger partial charge in [-0.25, -0.2) is 4.39 Å². The molecular weight excluding hydrogens is 627 g/mol. The van der Waals surface area contributed by atoms with Crippen LogP contribution in [-0.4, -0.2) is 30.3 Å². The molecule has 48 heavy (non-hydrogen) atoms. The van der Waals surface area contributed by atoms with Crippen molar-refractivity contribution in [2.24, 2.45) is 23.5 Å². The number of carbonyl (C=O) groups is 3. The maximum absolute atomic E-state index is 14.7. The van der Waals surface area contributed by atoms with Crippen molar-refractivity contribution in [1.29, 1.82) is 0 Å². The van der Waals surface area contributed by atoms with Crippen LogP contribution in [0.3, 0.4) is 0 Å². The maximum Gasteiger partial charge on any atom is 0.251 e. The lowest BCUT2D eigenvalue weighted by molar-refractivity contribution is -0.135. The molecule has 0 saturated carbocycles. The molecule has 1 aliphatic rings. The third-order valence-corrected chi connectivity index (χ3v) is 8.92. The predicted molar refractivity (Wildman–Crippen MR) is 190 cm³/mol. The zero-order valence-corrected chi connectivity index (χ0v) is 27.9. The quantitative estimate of drug-likeness (QED) is 0.152. The number of carbonyl (C=O) groups excluding carboxylic acids is 3. The van der Waals surface area contributed by atoms with E-state index >= 15 is 0 Å². The van der Waals surface area contributed by atoms with Gasteiger partial charge >= 0.3 is 0 Å². The summed E-state index contributed by atoms with van der Waals surface area (Å²) in [5, 5.41) is 3.07. The second-order valence-electron chi connectivity index (χ2n) is 12.5. The first kappa shape index (κ1) is 34.4. The minimum absolute atomic E-state index is 0.0246. The number of amides is 3. The van der Waals surface area contributed by atoms with E-state index in [-0.39, 0.29) is 36.4 Å². The largest absolute Gasteiger partial charge is 0.369 e. The van der Waals surface area contributed by atoms with Crippen LogP contribution in [0.5, 0.6) is 0 Å². The van der Waals surface area contributed by atoms with Gasteiger partial charge in [-0.1, -0.05) is 86.1 Å². The van der Waals surface area contributed by atoms with Crippen LogP contribution < -0.4 is 20.9 Å². The zero-order valence-electron chi connectivity index (χ0n) is 27.1. The molecule has 4 aromatic rings. The smallest absolute Gasteiger partial charge is 0.251 e. The van der Waals surface area contributed by atoms with Gasteiger partial charge in [-0.15, -0.1) is 6.58 Å². The predicted octanol–water partition coefficient (Wildman–Crippen LogP) is 7.66. The Morgan fingerprint density at radius 1 is 0.958 bits per heavy atom. The molecule has 0 radical (unpaired) electrons. The van der Waals surface area contributed by atoms with Gasteiger partial charge in [-0.3, -0.25) is 14.4 Å². The SMILES string of the molecule is C=CCC(C(N)=O)C(CC(C)C)C(=O)NC1CN(c2ccccc2)c2ccccc2N(Cc2cccc(-c3ccc(F)c(Cl)c3)c2)C1=O. The molecular formula is C39H40ClFN4O3. The third-order valence-electron chi connectivity index (χ3n) is 8.63. The lowest BCUT2D eigenvalue weighted by Gasteiger charge is -2.30. The van der Waals surface area contributed by atoms with Crippen molar-refractivity contribution in [2.45, 2.75) is 39.3 Å². The van der Waals surface area contributed by atoms with E-state index in [4.69, 9.17) is 17.3 Å². The number of nitrogens with two attached hydrogens (primary N) is 1. The van der Waals surface area contributed by atoms with Crippen LogP contribution in [0.25, 0.3) is 11.1 Å². The maximum atomic E-state index is 14.7. The number of rotatable bonds is 12. The molecule has 3 unspecified atom stereocenters. The molecule has 1 aliphatic heterocycles. The number of nitrogens with zero attached hydrogens (tertiary/aromatic N) is 2. The average Bonchev–Trinajstić information content (AvgIpc) is 3.18. The highest BCUT2D eigenvalue weighted by Gasteiger charge is 2.39. The molecule has 0 aliphatic carbocycles. The van der Waals surface area contributed by atoms with Gasteiger partial charge in [0.25, 0.3) is 5.91 Å². The number of allylic oxidation sites excluding steroid dienone is 1. The fraction of sp³-hybridized carbons (Fsp3) is 0.256. The minimum atomic E-state index is -0.962. The van der Waals surface area contributed by atoms with E-state index in [1.54, 1.807) is 23.1 Å². The highest BCUT2D eigenvalue weighted by molar-refractivity contribution is 6.31. The Morgan fingerprint density at radius 3 is 2.31 bits per heavy atom. The fourth-order valence-corrected chi connectivity index (χ4v) is 6.50. The van der Waals surface area contributed by atoms with Crippen LogP contribution in [0.1, 0.15) is 32.3 Å². The summed E-state index contributed by atoms with van der Waals surface area (Å²) in [5.41, 5.74) is 10.5. The van der Waals surface area contributed by atoms with Gasteiger partial charge in [-0.05, 0) is 77.9 Å². The van der Waals surface area contributed by atoms with Crippen molar-refractivity contribution in [1.82, 2.24) is 5.32 Å². The Morgan fingerprint density at radius 2 is 1.65 bits per heavy atom. The standard InChI is InChI=1S/C39H40ClFN4O3/c1-4-11-30(37(42)46)31(20-25(2)3)38(47)43-34-24-44(29-14-6-5-7-15-29)35-16-8-9-17-36(35)45(39(34)48)23-26-12-10-13-27(21-26)28-18-19-33(41)32(40)22-28/h4-10,12-19,21-22,25,30-31,34H,1,11,20,23-24H2,2-3H3,(H2,42,46)(H,43,47). The topological polar surface area (TPSA) is 95.7 Å². The molecule has 248 valence electrons. The average molecular weight is 667 g/mol. The third kappa shape index (κ3) is 7.77. The number of para-hydroxylation sites is 3. The van der Waals surface area contributed by atoms with Gasteiger partial charge in [0, 0.05) is 5.69 Å².